The molecule has 0 atom stereocenters. The van der Waals surface area contributed by atoms with Crippen molar-refractivity contribution < 1.29 is 4.79 Å². The summed E-state index contributed by atoms with van der Waals surface area (Å²) < 4.78 is 0. The van der Waals surface area contributed by atoms with Crippen LogP contribution in [-0.2, 0) is 11.3 Å². The van der Waals surface area contributed by atoms with E-state index in [-0.39, 0.29) is 5.91 Å². The highest BCUT2D eigenvalue weighted by atomic mass is 32.1. The van der Waals surface area contributed by atoms with E-state index in [1.807, 2.05) is 11.1 Å². The Bertz CT molecular complexity index is 371. The quantitative estimate of drug-likeness (QED) is 0.812. The van der Waals surface area contributed by atoms with Crippen LogP contribution in [0.4, 0.5) is 5.13 Å². The molecule has 0 unspecified atom stereocenters. The largest absolute Gasteiger partial charge is 0.375 e. The topological polar surface area (TPSA) is 62.5 Å². The second kappa shape index (κ2) is 4.80. The van der Waals surface area contributed by atoms with Crippen LogP contribution in [0.25, 0.3) is 0 Å². The van der Waals surface area contributed by atoms with Crippen LogP contribution in [0.3, 0.4) is 0 Å². The normalized spacial score (nSPS) is 17.7. The van der Waals surface area contributed by atoms with Crippen LogP contribution in [0.5, 0.6) is 0 Å². The predicted octanol–water partition coefficient (Wildman–Crippen LogP) is 0.389. The van der Waals surface area contributed by atoms with E-state index in [0.717, 1.165) is 32.7 Å². The number of nitrogens with zero attached hydrogens (tertiary/aromatic N) is 3. The molecule has 0 saturated carbocycles. The van der Waals surface area contributed by atoms with Crippen LogP contribution >= 0.6 is 11.3 Å². The Morgan fingerprint density at radius 2 is 2.19 bits per heavy atom. The zero-order valence-electron chi connectivity index (χ0n) is 9.35. The fraction of sp³-hybridized carbons (Fsp3) is 0.600. The molecule has 6 heteroatoms. The molecule has 2 rings (SSSR count). The van der Waals surface area contributed by atoms with E-state index in [0.29, 0.717) is 5.13 Å². The van der Waals surface area contributed by atoms with Gasteiger partial charge in [0.25, 0.3) is 0 Å². The van der Waals surface area contributed by atoms with E-state index in [1.165, 1.54) is 16.2 Å². The summed E-state index contributed by atoms with van der Waals surface area (Å²) in [5, 5.41) is 0.623. The van der Waals surface area contributed by atoms with Crippen molar-refractivity contribution in [2.75, 3.05) is 31.9 Å². The molecule has 1 amide bonds. The second-order valence-corrected chi connectivity index (χ2v) is 5.09. The van der Waals surface area contributed by atoms with E-state index >= 15 is 0 Å². The number of aromatic nitrogens is 1. The minimum absolute atomic E-state index is 0.168. The molecule has 0 bridgehead atoms. The molecule has 88 valence electrons. The van der Waals surface area contributed by atoms with Gasteiger partial charge in [-0.3, -0.25) is 9.69 Å². The minimum Gasteiger partial charge on any atom is -0.375 e. The summed E-state index contributed by atoms with van der Waals surface area (Å²) in [4.78, 5) is 20.6. The Morgan fingerprint density at radius 3 is 2.69 bits per heavy atom. The van der Waals surface area contributed by atoms with E-state index in [4.69, 9.17) is 5.73 Å². The Hall–Kier alpha value is -1.14. The molecule has 16 heavy (non-hydrogen) atoms. The summed E-state index contributed by atoms with van der Waals surface area (Å²) in [6, 6.07) is 0. The average molecular weight is 240 g/mol. The highest BCUT2D eigenvalue weighted by Gasteiger charge is 2.18. The van der Waals surface area contributed by atoms with Crippen molar-refractivity contribution in [1.82, 2.24) is 14.8 Å². The average Bonchev–Trinajstić information content (AvgIpc) is 2.65. The van der Waals surface area contributed by atoms with Gasteiger partial charge in [-0.25, -0.2) is 4.98 Å². The van der Waals surface area contributed by atoms with Crippen LogP contribution in [0.15, 0.2) is 6.20 Å². The lowest BCUT2D eigenvalue weighted by atomic mass is 10.3. The van der Waals surface area contributed by atoms with Gasteiger partial charge < -0.3 is 10.6 Å². The number of carbonyl (C=O) groups is 1. The fourth-order valence-corrected chi connectivity index (χ4v) is 2.56. The summed E-state index contributed by atoms with van der Waals surface area (Å²) in [5.74, 6) is 0.168. The van der Waals surface area contributed by atoms with Gasteiger partial charge in [0.15, 0.2) is 5.13 Å². The maximum atomic E-state index is 11.2. The van der Waals surface area contributed by atoms with Gasteiger partial charge >= 0.3 is 0 Å². The maximum Gasteiger partial charge on any atom is 0.219 e. The molecule has 0 aliphatic carbocycles. The van der Waals surface area contributed by atoms with Gasteiger partial charge in [0.1, 0.15) is 0 Å². The van der Waals surface area contributed by atoms with E-state index < -0.39 is 0 Å². The Kier molecular flexibility index (Phi) is 3.40. The van der Waals surface area contributed by atoms with Gasteiger partial charge in [0.2, 0.25) is 5.91 Å². The first-order valence-corrected chi connectivity index (χ1v) is 6.15. The monoisotopic (exact) mass is 240 g/mol. The highest BCUT2D eigenvalue weighted by molar-refractivity contribution is 7.15. The summed E-state index contributed by atoms with van der Waals surface area (Å²) in [5.41, 5.74) is 5.58. The number of amides is 1. The number of carbonyl (C=O) groups excluding carboxylic acids is 1. The number of anilines is 1. The third-order valence-electron chi connectivity index (χ3n) is 2.77. The third-order valence-corrected chi connectivity index (χ3v) is 3.58. The van der Waals surface area contributed by atoms with Gasteiger partial charge in [0.05, 0.1) is 0 Å². The number of rotatable bonds is 2. The number of thiazole rings is 1. The van der Waals surface area contributed by atoms with Crippen LogP contribution in [0.2, 0.25) is 0 Å². The molecular weight excluding hydrogens is 224 g/mol. The van der Waals surface area contributed by atoms with Crippen molar-refractivity contribution in [3.8, 4) is 0 Å². The molecule has 0 spiro atoms. The number of piperazine rings is 1. The number of nitrogens with two attached hydrogens (primary N) is 1. The SMILES string of the molecule is CC(=O)N1CCN(Cc2cnc(N)s2)CC1. The first kappa shape index (κ1) is 11.3. The molecule has 2 heterocycles. The summed E-state index contributed by atoms with van der Waals surface area (Å²) in [6.07, 6.45) is 1.83. The molecule has 0 aromatic carbocycles. The van der Waals surface area contributed by atoms with Crippen molar-refractivity contribution in [2.45, 2.75) is 13.5 Å². The van der Waals surface area contributed by atoms with Crippen molar-refractivity contribution in [1.29, 1.82) is 0 Å². The molecule has 1 aromatic rings. The molecule has 0 radical (unpaired) electrons. The standard InChI is InChI=1S/C10H16N4OS/c1-8(15)14-4-2-13(3-5-14)7-9-6-12-10(11)16-9/h6H,2-5,7H2,1H3,(H2,11,12). The maximum absolute atomic E-state index is 11.2. The second-order valence-electron chi connectivity index (χ2n) is 3.95. The van der Waals surface area contributed by atoms with Gasteiger partial charge in [0, 0.05) is 50.7 Å². The van der Waals surface area contributed by atoms with E-state index in [9.17, 15) is 4.79 Å². The summed E-state index contributed by atoms with van der Waals surface area (Å²) >= 11 is 1.53. The van der Waals surface area contributed by atoms with Crippen molar-refractivity contribution in [3.63, 3.8) is 0 Å². The third kappa shape index (κ3) is 2.70. The van der Waals surface area contributed by atoms with Gasteiger partial charge in [-0.1, -0.05) is 0 Å². The molecule has 1 saturated heterocycles. The lowest BCUT2D eigenvalue weighted by Gasteiger charge is -2.33. The zero-order chi connectivity index (χ0) is 11.5. The fourth-order valence-electron chi connectivity index (χ4n) is 1.84. The van der Waals surface area contributed by atoms with Gasteiger partial charge in [-0.2, -0.15) is 0 Å². The lowest BCUT2D eigenvalue weighted by molar-refractivity contribution is -0.130. The van der Waals surface area contributed by atoms with Crippen molar-refractivity contribution >= 4 is 22.4 Å². The Balaban J connectivity index is 1.83. The first-order chi connectivity index (χ1) is 7.65. The minimum atomic E-state index is 0.168. The lowest BCUT2D eigenvalue weighted by Crippen LogP contribution is -2.47. The number of hydrogen-bond acceptors (Lipinski definition) is 5. The molecule has 2 N–H and O–H groups in total. The molecule has 1 aliphatic heterocycles. The molecular formula is C10H16N4OS. The number of nitrogen functional groups attached to an aromatic ring is 1. The van der Waals surface area contributed by atoms with Crippen LogP contribution in [0, 0.1) is 0 Å². The first-order valence-electron chi connectivity index (χ1n) is 5.33. The van der Waals surface area contributed by atoms with Crippen LogP contribution in [0.1, 0.15) is 11.8 Å². The van der Waals surface area contributed by atoms with Crippen molar-refractivity contribution in [2.24, 2.45) is 0 Å². The molecule has 5 nitrogen and oxygen atoms in total. The number of hydrogen-bond donors (Lipinski definition) is 1. The van der Waals surface area contributed by atoms with E-state index in [2.05, 4.69) is 9.88 Å². The Morgan fingerprint density at radius 1 is 1.50 bits per heavy atom. The van der Waals surface area contributed by atoms with E-state index in [1.54, 1.807) is 6.92 Å². The Labute approximate surface area is 98.9 Å². The van der Waals surface area contributed by atoms with Crippen LogP contribution < -0.4 is 5.73 Å². The van der Waals surface area contributed by atoms with Crippen molar-refractivity contribution in [3.05, 3.63) is 11.1 Å². The molecule has 1 aliphatic rings. The highest BCUT2D eigenvalue weighted by Crippen LogP contribution is 2.17. The van der Waals surface area contributed by atoms with Gasteiger partial charge in [-0.05, 0) is 0 Å². The zero-order valence-corrected chi connectivity index (χ0v) is 10.2. The summed E-state index contributed by atoms with van der Waals surface area (Å²) in [7, 11) is 0. The molecule has 1 fully saturated rings. The van der Waals surface area contributed by atoms with Gasteiger partial charge in [-0.15, -0.1) is 11.3 Å². The summed E-state index contributed by atoms with van der Waals surface area (Å²) in [6.45, 7) is 6.02. The molecule has 1 aromatic heterocycles. The van der Waals surface area contributed by atoms with Crippen LogP contribution in [-0.4, -0.2) is 46.9 Å². The smallest absolute Gasteiger partial charge is 0.219 e. The predicted molar refractivity (Wildman–Crippen MR) is 64.1 cm³/mol.